The Hall–Kier alpha value is -1.53. The normalized spacial score (nSPS) is 20.5. The van der Waals surface area contributed by atoms with Crippen molar-refractivity contribution in [2.45, 2.75) is 51.1 Å². The SMILES string of the molecule is COC(=O)[C@H](CCSC)NC(=O)[C@@H]1C[C@H](Cc2ccc(C(C)C)cc2)CN1. The second-order valence-electron chi connectivity index (χ2n) is 7.53. The van der Waals surface area contributed by atoms with Crippen LogP contribution in [0, 0.1) is 5.92 Å². The lowest BCUT2D eigenvalue weighted by Crippen LogP contribution is -2.48. The first kappa shape index (κ1) is 21.8. The van der Waals surface area contributed by atoms with Crippen molar-refractivity contribution < 1.29 is 14.3 Å². The summed E-state index contributed by atoms with van der Waals surface area (Å²) >= 11 is 1.65. The largest absolute Gasteiger partial charge is 0.467 e. The number of hydrogen-bond donors (Lipinski definition) is 2. The first-order valence-corrected chi connectivity index (χ1v) is 11.0. The molecule has 0 aromatic heterocycles. The number of ether oxygens (including phenoxy) is 1. The van der Waals surface area contributed by atoms with Gasteiger partial charge < -0.3 is 15.4 Å². The Kier molecular flexibility index (Phi) is 8.64. The van der Waals surface area contributed by atoms with Crippen LogP contribution in [0.2, 0.25) is 0 Å². The summed E-state index contributed by atoms with van der Waals surface area (Å²) in [6.45, 7) is 5.21. The van der Waals surface area contributed by atoms with Crippen LogP contribution >= 0.6 is 11.8 Å². The van der Waals surface area contributed by atoms with Gasteiger partial charge in [0.2, 0.25) is 5.91 Å². The lowest BCUT2D eigenvalue weighted by atomic mass is 9.94. The Labute approximate surface area is 167 Å². The third-order valence-corrected chi connectivity index (χ3v) is 5.77. The van der Waals surface area contributed by atoms with Gasteiger partial charge in [0.15, 0.2) is 0 Å². The van der Waals surface area contributed by atoms with Crippen molar-refractivity contribution in [1.29, 1.82) is 0 Å². The van der Waals surface area contributed by atoms with E-state index < -0.39 is 6.04 Å². The van der Waals surface area contributed by atoms with Crippen LogP contribution in [0.4, 0.5) is 0 Å². The van der Waals surface area contributed by atoms with Crippen LogP contribution in [0.25, 0.3) is 0 Å². The van der Waals surface area contributed by atoms with E-state index >= 15 is 0 Å². The highest BCUT2D eigenvalue weighted by Gasteiger charge is 2.32. The van der Waals surface area contributed by atoms with Crippen molar-refractivity contribution in [2.24, 2.45) is 5.92 Å². The molecule has 1 fully saturated rings. The Morgan fingerprint density at radius 3 is 2.59 bits per heavy atom. The average molecular weight is 393 g/mol. The zero-order valence-corrected chi connectivity index (χ0v) is 17.6. The average Bonchev–Trinajstić information content (AvgIpc) is 3.13. The lowest BCUT2D eigenvalue weighted by Gasteiger charge is -2.19. The summed E-state index contributed by atoms with van der Waals surface area (Å²) in [7, 11) is 1.36. The van der Waals surface area contributed by atoms with Gasteiger partial charge in [0, 0.05) is 0 Å². The van der Waals surface area contributed by atoms with Gasteiger partial charge in [-0.05, 0) is 60.8 Å². The molecule has 0 spiro atoms. The first-order chi connectivity index (χ1) is 12.9. The van der Waals surface area contributed by atoms with E-state index in [9.17, 15) is 9.59 Å². The van der Waals surface area contributed by atoms with E-state index in [1.54, 1.807) is 11.8 Å². The molecular formula is C21H32N2O3S. The number of rotatable bonds is 9. The minimum absolute atomic E-state index is 0.107. The summed E-state index contributed by atoms with van der Waals surface area (Å²) in [4.78, 5) is 24.5. The van der Waals surface area contributed by atoms with Gasteiger partial charge in [-0.2, -0.15) is 11.8 Å². The van der Waals surface area contributed by atoms with E-state index in [-0.39, 0.29) is 17.9 Å². The minimum atomic E-state index is -0.570. The molecule has 1 aliphatic rings. The molecule has 1 aromatic carbocycles. The zero-order chi connectivity index (χ0) is 19.8. The van der Waals surface area contributed by atoms with Gasteiger partial charge in [-0.3, -0.25) is 4.79 Å². The van der Waals surface area contributed by atoms with E-state index in [4.69, 9.17) is 4.74 Å². The molecule has 3 atom stereocenters. The summed E-state index contributed by atoms with van der Waals surface area (Å²) in [5, 5.41) is 6.16. The van der Waals surface area contributed by atoms with E-state index in [1.807, 2.05) is 6.26 Å². The third-order valence-electron chi connectivity index (χ3n) is 5.12. The Bertz CT molecular complexity index is 618. The molecule has 1 aromatic rings. The number of benzene rings is 1. The fourth-order valence-electron chi connectivity index (χ4n) is 3.44. The molecule has 2 N–H and O–H groups in total. The number of amides is 1. The van der Waals surface area contributed by atoms with Gasteiger partial charge in [0.05, 0.1) is 13.2 Å². The van der Waals surface area contributed by atoms with Crippen molar-refractivity contribution in [3.8, 4) is 0 Å². The summed E-state index contributed by atoms with van der Waals surface area (Å²) in [5.74, 6) is 1.27. The second-order valence-corrected chi connectivity index (χ2v) is 8.51. The topological polar surface area (TPSA) is 67.4 Å². The van der Waals surface area contributed by atoms with Crippen molar-refractivity contribution in [3.63, 3.8) is 0 Å². The highest BCUT2D eigenvalue weighted by molar-refractivity contribution is 7.98. The van der Waals surface area contributed by atoms with Crippen molar-refractivity contribution in [1.82, 2.24) is 10.6 Å². The molecule has 0 saturated carbocycles. The number of nitrogens with one attached hydrogen (secondary N) is 2. The summed E-state index contributed by atoms with van der Waals surface area (Å²) in [6, 6.07) is 7.96. The Morgan fingerprint density at radius 2 is 2.00 bits per heavy atom. The van der Waals surface area contributed by atoms with Crippen LogP contribution in [-0.2, 0) is 20.7 Å². The maximum atomic E-state index is 12.6. The molecule has 0 aliphatic carbocycles. The number of carbonyl (C=O) groups is 2. The maximum absolute atomic E-state index is 12.6. The molecule has 0 radical (unpaired) electrons. The summed E-state index contributed by atoms with van der Waals surface area (Å²) in [5.41, 5.74) is 2.65. The number of thioether (sulfide) groups is 1. The van der Waals surface area contributed by atoms with Gasteiger partial charge in [0.1, 0.15) is 6.04 Å². The number of esters is 1. The van der Waals surface area contributed by atoms with E-state index in [0.717, 1.165) is 25.1 Å². The highest BCUT2D eigenvalue weighted by Crippen LogP contribution is 2.21. The smallest absolute Gasteiger partial charge is 0.328 e. The predicted molar refractivity (Wildman–Crippen MR) is 111 cm³/mol. The molecule has 1 aliphatic heterocycles. The molecule has 6 heteroatoms. The molecule has 150 valence electrons. The molecule has 1 saturated heterocycles. The van der Waals surface area contributed by atoms with Crippen LogP contribution in [0.3, 0.4) is 0 Å². The number of hydrogen-bond acceptors (Lipinski definition) is 5. The Balaban J connectivity index is 1.86. The van der Waals surface area contributed by atoms with Crippen LogP contribution in [0.5, 0.6) is 0 Å². The predicted octanol–water partition coefficient (Wildman–Crippen LogP) is 2.74. The van der Waals surface area contributed by atoms with Crippen molar-refractivity contribution >= 4 is 23.6 Å². The fraction of sp³-hybridized carbons (Fsp3) is 0.619. The van der Waals surface area contributed by atoms with Gasteiger partial charge >= 0.3 is 5.97 Å². The highest BCUT2D eigenvalue weighted by atomic mass is 32.2. The van der Waals surface area contributed by atoms with E-state index in [1.165, 1.54) is 18.2 Å². The molecular weight excluding hydrogens is 360 g/mol. The third kappa shape index (κ3) is 6.54. The van der Waals surface area contributed by atoms with Crippen molar-refractivity contribution in [2.75, 3.05) is 25.7 Å². The van der Waals surface area contributed by atoms with E-state index in [0.29, 0.717) is 18.3 Å². The van der Waals surface area contributed by atoms with Gasteiger partial charge in [-0.1, -0.05) is 38.1 Å². The summed E-state index contributed by atoms with van der Waals surface area (Å²) in [6.07, 6.45) is 4.31. The molecule has 0 bridgehead atoms. The van der Waals surface area contributed by atoms with Crippen LogP contribution in [0.15, 0.2) is 24.3 Å². The monoisotopic (exact) mass is 392 g/mol. The van der Waals surface area contributed by atoms with E-state index in [2.05, 4.69) is 48.7 Å². The Morgan fingerprint density at radius 1 is 1.30 bits per heavy atom. The van der Waals surface area contributed by atoms with Crippen LogP contribution in [-0.4, -0.2) is 49.6 Å². The number of methoxy groups -OCH3 is 1. The first-order valence-electron chi connectivity index (χ1n) is 9.64. The fourth-order valence-corrected chi connectivity index (χ4v) is 3.91. The standard InChI is InChI=1S/C21H32N2O3S/c1-14(2)17-7-5-15(6-8-17)11-16-12-19(22-13-16)20(24)23-18(9-10-27-4)21(25)26-3/h5-8,14,16,18-19,22H,9-13H2,1-4H3,(H,23,24)/t16-,18-,19-/m0/s1. The van der Waals surface area contributed by atoms with Crippen molar-refractivity contribution in [3.05, 3.63) is 35.4 Å². The van der Waals surface area contributed by atoms with Gasteiger partial charge in [-0.25, -0.2) is 4.79 Å². The van der Waals surface area contributed by atoms with Crippen LogP contribution in [0.1, 0.15) is 43.7 Å². The molecule has 1 heterocycles. The van der Waals surface area contributed by atoms with Gasteiger partial charge in [-0.15, -0.1) is 0 Å². The molecule has 2 rings (SSSR count). The minimum Gasteiger partial charge on any atom is -0.467 e. The maximum Gasteiger partial charge on any atom is 0.328 e. The lowest BCUT2D eigenvalue weighted by molar-refractivity contribution is -0.145. The quantitative estimate of drug-likeness (QED) is 0.633. The molecule has 0 unspecified atom stereocenters. The van der Waals surface area contributed by atoms with Gasteiger partial charge in [0.25, 0.3) is 0 Å². The second kappa shape index (κ2) is 10.7. The molecule has 27 heavy (non-hydrogen) atoms. The van der Waals surface area contributed by atoms with Crippen LogP contribution < -0.4 is 10.6 Å². The molecule has 1 amide bonds. The zero-order valence-electron chi connectivity index (χ0n) is 16.8. The molecule has 5 nitrogen and oxygen atoms in total. The summed E-state index contributed by atoms with van der Waals surface area (Å²) < 4.78 is 4.82. The number of carbonyl (C=O) groups excluding carboxylic acids is 2.